The molecular formula is C12H13NO2. The van der Waals surface area contributed by atoms with Crippen molar-refractivity contribution >= 4 is 5.91 Å². The molecule has 0 atom stereocenters. The van der Waals surface area contributed by atoms with Crippen LogP contribution in [0.5, 0.6) is 0 Å². The minimum Gasteiger partial charge on any atom is -0.364 e. The Hall–Kier alpha value is -1.79. The Morgan fingerprint density at radius 1 is 1.53 bits per heavy atom. The van der Waals surface area contributed by atoms with Gasteiger partial charge in [0.2, 0.25) is 0 Å². The number of benzene rings is 1. The number of nitrogens with one attached hydrogen (secondary N) is 1. The van der Waals surface area contributed by atoms with Crippen LogP contribution in [0.25, 0.3) is 0 Å². The first-order valence-electron chi connectivity index (χ1n) is 4.60. The molecule has 3 heteroatoms. The van der Waals surface area contributed by atoms with Gasteiger partial charge in [-0.2, -0.15) is 0 Å². The third-order valence-corrected chi connectivity index (χ3v) is 1.93. The largest absolute Gasteiger partial charge is 0.364 e. The number of ether oxygens (including phenoxy) is 1. The molecule has 1 aromatic carbocycles. The number of carbonyl (C=O) groups is 1. The third kappa shape index (κ3) is 3.12. The third-order valence-electron chi connectivity index (χ3n) is 1.93. The summed E-state index contributed by atoms with van der Waals surface area (Å²) in [6.45, 7) is 0.607. The van der Waals surface area contributed by atoms with Gasteiger partial charge in [0.1, 0.15) is 6.61 Å². The highest BCUT2D eigenvalue weighted by molar-refractivity contribution is 5.95. The molecule has 15 heavy (non-hydrogen) atoms. The summed E-state index contributed by atoms with van der Waals surface area (Å²) in [4.78, 5) is 11.5. The molecule has 1 N–H and O–H groups in total. The first-order chi connectivity index (χ1) is 7.29. The monoisotopic (exact) mass is 203 g/mol. The van der Waals surface area contributed by atoms with E-state index in [2.05, 4.69) is 11.2 Å². The number of carbonyl (C=O) groups excluding carboxylic acids is 1. The van der Waals surface area contributed by atoms with Crippen LogP contribution in [-0.4, -0.2) is 19.6 Å². The van der Waals surface area contributed by atoms with E-state index in [0.717, 1.165) is 5.56 Å². The fraction of sp³-hybridized carbons (Fsp3) is 0.250. The molecule has 0 aliphatic carbocycles. The Kier molecular flexibility index (Phi) is 4.39. The maximum atomic E-state index is 11.5. The van der Waals surface area contributed by atoms with Crippen molar-refractivity contribution in [2.75, 3.05) is 13.7 Å². The van der Waals surface area contributed by atoms with Gasteiger partial charge in [0.05, 0.1) is 6.61 Å². The Balaban J connectivity index is 2.78. The molecule has 0 radical (unpaired) electrons. The Labute approximate surface area is 89.4 Å². The van der Waals surface area contributed by atoms with Gasteiger partial charge < -0.3 is 10.1 Å². The van der Waals surface area contributed by atoms with Gasteiger partial charge in [-0.15, -0.1) is 6.42 Å². The number of rotatable bonds is 4. The van der Waals surface area contributed by atoms with E-state index in [1.807, 2.05) is 18.2 Å². The van der Waals surface area contributed by atoms with Crippen LogP contribution in [0.2, 0.25) is 0 Å². The van der Waals surface area contributed by atoms with Crippen LogP contribution < -0.4 is 5.32 Å². The highest BCUT2D eigenvalue weighted by Gasteiger charge is 2.08. The van der Waals surface area contributed by atoms with Crippen molar-refractivity contribution in [3.63, 3.8) is 0 Å². The van der Waals surface area contributed by atoms with Crippen molar-refractivity contribution in [1.29, 1.82) is 0 Å². The topological polar surface area (TPSA) is 38.3 Å². The van der Waals surface area contributed by atoms with Gasteiger partial charge in [0.25, 0.3) is 5.91 Å². The van der Waals surface area contributed by atoms with Crippen molar-refractivity contribution in [3.8, 4) is 12.3 Å². The molecule has 0 saturated carbocycles. The highest BCUT2D eigenvalue weighted by atomic mass is 16.5. The van der Waals surface area contributed by atoms with E-state index in [-0.39, 0.29) is 12.5 Å². The van der Waals surface area contributed by atoms with Gasteiger partial charge >= 0.3 is 0 Å². The molecule has 0 heterocycles. The number of amides is 1. The van der Waals surface area contributed by atoms with Crippen LogP contribution in [-0.2, 0) is 11.3 Å². The summed E-state index contributed by atoms with van der Waals surface area (Å²) >= 11 is 0. The van der Waals surface area contributed by atoms with E-state index >= 15 is 0 Å². The fourth-order valence-electron chi connectivity index (χ4n) is 1.22. The number of hydrogen-bond acceptors (Lipinski definition) is 2. The summed E-state index contributed by atoms with van der Waals surface area (Å²) in [5.74, 6) is 2.26. The van der Waals surface area contributed by atoms with Gasteiger partial charge in [0.15, 0.2) is 0 Å². The van der Waals surface area contributed by atoms with Crippen LogP contribution in [0.1, 0.15) is 15.9 Å². The lowest BCUT2D eigenvalue weighted by Crippen LogP contribution is -2.19. The molecule has 0 spiro atoms. The standard InChI is InChI=1S/C12H13NO2/c1-3-8-15-9-10-6-4-5-7-11(10)12(14)13-2/h1,4-7H,8-9H2,2H3,(H,13,14). The van der Waals surface area contributed by atoms with Crippen molar-refractivity contribution < 1.29 is 9.53 Å². The SMILES string of the molecule is C#CCOCc1ccccc1C(=O)NC. The lowest BCUT2D eigenvalue weighted by molar-refractivity contribution is 0.0956. The number of hydrogen-bond donors (Lipinski definition) is 1. The number of terminal acetylenes is 1. The first-order valence-corrected chi connectivity index (χ1v) is 4.60. The normalized spacial score (nSPS) is 9.33. The minimum atomic E-state index is -0.116. The van der Waals surface area contributed by atoms with Gasteiger partial charge in [-0.1, -0.05) is 24.1 Å². The molecule has 0 saturated heterocycles. The fourth-order valence-corrected chi connectivity index (χ4v) is 1.22. The zero-order valence-electron chi connectivity index (χ0n) is 8.62. The average molecular weight is 203 g/mol. The summed E-state index contributed by atoms with van der Waals surface area (Å²) in [7, 11) is 1.60. The minimum absolute atomic E-state index is 0.116. The second kappa shape index (κ2) is 5.84. The molecule has 1 rings (SSSR count). The molecule has 0 bridgehead atoms. The smallest absolute Gasteiger partial charge is 0.251 e. The highest BCUT2D eigenvalue weighted by Crippen LogP contribution is 2.09. The van der Waals surface area contributed by atoms with Crippen molar-refractivity contribution in [2.24, 2.45) is 0 Å². The van der Waals surface area contributed by atoms with Crippen LogP contribution in [0.4, 0.5) is 0 Å². The Bertz CT molecular complexity index is 379. The first kappa shape index (κ1) is 11.3. The lowest BCUT2D eigenvalue weighted by atomic mass is 10.1. The van der Waals surface area contributed by atoms with Crippen molar-refractivity contribution in [3.05, 3.63) is 35.4 Å². The average Bonchev–Trinajstić information content (AvgIpc) is 2.29. The second-order valence-electron chi connectivity index (χ2n) is 2.93. The predicted octanol–water partition coefficient (Wildman–Crippen LogP) is 1.20. The second-order valence-corrected chi connectivity index (χ2v) is 2.93. The van der Waals surface area contributed by atoms with Crippen molar-refractivity contribution in [2.45, 2.75) is 6.61 Å². The maximum Gasteiger partial charge on any atom is 0.251 e. The van der Waals surface area contributed by atoms with E-state index in [0.29, 0.717) is 12.2 Å². The van der Waals surface area contributed by atoms with E-state index < -0.39 is 0 Å². The van der Waals surface area contributed by atoms with E-state index in [9.17, 15) is 4.79 Å². The molecule has 0 aromatic heterocycles. The molecule has 0 aliphatic rings. The maximum absolute atomic E-state index is 11.5. The van der Waals surface area contributed by atoms with Gasteiger partial charge in [-0.25, -0.2) is 0 Å². The molecular weight excluding hydrogens is 190 g/mol. The molecule has 78 valence electrons. The molecule has 0 unspecified atom stereocenters. The van der Waals surface area contributed by atoms with Crippen LogP contribution >= 0.6 is 0 Å². The van der Waals surface area contributed by atoms with Crippen LogP contribution in [0.15, 0.2) is 24.3 Å². The Morgan fingerprint density at radius 3 is 2.93 bits per heavy atom. The van der Waals surface area contributed by atoms with Gasteiger partial charge in [-0.05, 0) is 11.6 Å². The van der Waals surface area contributed by atoms with E-state index in [4.69, 9.17) is 11.2 Å². The quantitative estimate of drug-likeness (QED) is 0.589. The lowest BCUT2D eigenvalue weighted by Gasteiger charge is -2.07. The van der Waals surface area contributed by atoms with E-state index in [1.165, 1.54) is 0 Å². The molecule has 1 aromatic rings. The Morgan fingerprint density at radius 2 is 2.27 bits per heavy atom. The van der Waals surface area contributed by atoms with Crippen molar-refractivity contribution in [1.82, 2.24) is 5.32 Å². The molecule has 3 nitrogen and oxygen atoms in total. The van der Waals surface area contributed by atoms with Crippen LogP contribution in [0, 0.1) is 12.3 Å². The summed E-state index contributed by atoms with van der Waals surface area (Å²) < 4.78 is 5.19. The predicted molar refractivity (Wildman–Crippen MR) is 58.3 cm³/mol. The van der Waals surface area contributed by atoms with E-state index in [1.54, 1.807) is 13.1 Å². The molecule has 0 aliphatic heterocycles. The summed E-state index contributed by atoms with van der Waals surface area (Å²) in [5.41, 5.74) is 1.46. The molecule has 0 fully saturated rings. The van der Waals surface area contributed by atoms with Gasteiger partial charge in [0, 0.05) is 12.6 Å². The van der Waals surface area contributed by atoms with Gasteiger partial charge in [-0.3, -0.25) is 4.79 Å². The summed E-state index contributed by atoms with van der Waals surface area (Å²) in [6.07, 6.45) is 5.06. The zero-order chi connectivity index (χ0) is 11.1. The summed E-state index contributed by atoms with van der Waals surface area (Å²) in [6, 6.07) is 7.28. The molecule has 1 amide bonds. The summed E-state index contributed by atoms with van der Waals surface area (Å²) in [5, 5.41) is 2.58. The van der Waals surface area contributed by atoms with Crippen LogP contribution in [0.3, 0.4) is 0 Å². The zero-order valence-corrected chi connectivity index (χ0v) is 8.62.